The number of nitrogens with zero attached hydrogens (tertiary/aromatic N) is 4. The number of aromatic nitrogens is 3. The van der Waals surface area contributed by atoms with Gasteiger partial charge in [-0.2, -0.15) is 4.31 Å². The van der Waals surface area contributed by atoms with Crippen LogP contribution in [0.4, 0.5) is 0 Å². The van der Waals surface area contributed by atoms with Crippen molar-refractivity contribution in [3.63, 3.8) is 0 Å². The normalized spacial score (nSPS) is 20.7. The quantitative estimate of drug-likeness (QED) is 0.544. The van der Waals surface area contributed by atoms with Crippen molar-refractivity contribution in [2.24, 2.45) is 0 Å². The fourth-order valence-electron chi connectivity index (χ4n) is 4.50. The first-order valence-electron chi connectivity index (χ1n) is 11.3. The first-order chi connectivity index (χ1) is 16.2. The van der Waals surface area contributed by atoms with Crippen LogP contribution in [0.1, 0.15) is 25.0 Å². The van der Waals surface area contributed by atoms with Gasteiger partial charge in [0, 0.05) is 31.0 Å². The van der Waals surface area contributed by atoms with Crippen molar-refractivity contribution >= 4 is 21.1 Å². The van der Waals surface area contributed by atoms with E-state index in [0.29, 0.717) is 36.7 Å². The number of benzene rings is 1. The predicted octanol–water partition coefficient (Wildman–Crippen LogP) is 2.54. The Morgan fingerprint density at radius 3 is 2.82 bits per heavy atom. The molecule has 1 fully saturated rings. The van der Waals surface area contributed by atoms with E-state index in [1.165, 1.54) is 21.7 Å². The van der Waals surface area contributed by atoms with E-state index < -0.39 is 16.1 Å². The highest BCUT2D eigenvalue weighted by atomic mass is 32.2. The average molecular weight is 485 g/mol. The number of sulfonamides is 1. The van der Waals surface area contributed by atoms with Gasteiger partial charge in [0.2, 0.25) is 15.9 Å². The van der Waals surface area contributed by atoms with Gasteiger partial charge < -0.3 is 14.2 Å². The summed E-state index contributed by atoms with van der Waals surface area (Å²) < 4.78 is 42.9. The maximum Gasteiger partial charge on any atom is 0.242 e. The van der Waals surface area contributed by atoms with E-state index in [4.69, 9.17) is 19.2 Å². The topological polar surface area (TPSA) is 104 Å². The Kier molecular flexibility index (Phi) is 6.01. The van der Waals surface area contributed by atoms with Gasteiger partial charge in [0.05, 0.1) is 36.3 Å². The van der Waals surface area contributed by atoms with Crippen LogP contribution in [0.5, 0.6) is 5.88 Å². The third kappa shape index (κ3) is 4.63. The highest BCUT2D eigenvalue weighted by molar-refractivity contribution is 7.88. The standard InChI is InChI=1S/C24H28N4O5S/c1-24(2)19-5-4-17(12-16(19)6-10-33-24)20-13-21-22(26-8-7-25-21)23(27-20)32-15-18-14-28(9-11-31-18)34(3,29)30/h4-5,7-8,12-13,18H,6,9-11,14-15H2,1-3H3/t18-/m0/s1. The summed E-state index contributed by atoms with van der Waals surface area (Å²) in [6, 6.07) is 8.20. The molecule has 3 aromatic rings. The molecule has 0 amide bonds. The third-order valence-corrected chi connectivity index (χ3v) is 7.55. The van der Waals surface area contributed by atoms with Gasteiger partial charge in [-0.05, 0) is 43.5 Å². The predicted molar refractivity (Wildman–Crippen MR) is 127 cm³/mol. The van der Waals surface area contributed by atoms with E-state index in [1.54, 1.807) is 12.4 Å². The molecule has 0 saturated carbocycles. The second-order valence-electron chi connectivity index (χ2n) is 9.14. The first kappa shape index (κ1) is 23.1. The van der Waals surface area contributed by atoms with Crippen LogP contribution in [0.25, 0.3) is 22.3 Å². The summed E-state index contributed by atoms with van der Waals surface area (Å²) in [5.41, 5.74) is 5.03. The molecule has 1 atom stereocenters. The zero-order valence-electron chi connectivity index (χ0n) is 19.5. The molecule has 1 saturated heterocycles. The monoisotopic (exact) mass is 484 g/mol. The number of hydrogen-bond acceptors (Lipinski definition) is 8. The molecular formula is C24H28N4O5S. The van der Waals surface area contributed by atoms with Crippen molar-refractivity contribution < 1.29 is 22.6 Å². The first-order valence-corrected chi connectivity index (χ1v) is 13.1. The summed E-state index contributed by atoms with van der Waals surface area (Å²) in [5.74, 6) is 0.349. The molecule has 34 heavy (non-hydrogen) atoms. The summed E-state index contributed by atoms with van der Waals surface area (Å²) in [4.78, 5) is 13.6. The Morgan fingerprint density at radius 2 is 2.00 bits per heavy atom. The lowest BCUT2D eigenvalue weighted by Gasteiger charge is -2.33. The Bertz CT molecular complexity index is 1330. The zero-order chi connectivity index (χ0) is 23.9. The summed E-state index contributed by atoms with van der Waals surface area (Å²) in [7, 11) is -3.28. The molecule has 0 unspecified atom stereocenters. The number of fused-ring (bicyclic) bond motifs is 2. The van der Waals surface area contributed by atoms with E-state index in [0.717, 1.165) is 17.7 Å². The maximum atomic E-state index is 11.9. The molecule has 2 aromatic heterocycles. The van der Waals surface area contributed by atoms with Gasteiger partial charge in [0.25, 0.3) is 0 Å². The second-order valence-corrected chi connectivity index (χ2v) is 11.1. The van der Waals surface area contributed by atoms with E-state index in [-0.39, 0.29) is 18.8 Å². The molecule has 0 bridgehead atoms. The minimum Gasteiger partial charge on any atom is -0.473 e. The fraction of sp³-hybridized carbons (Fsp3) is 0.458. The fourth-order valence-corrected chi connectivity index (χ4v) is 5.34. The lowest BCUT2D eigenvalue weighted by molar-refractivity contribution is -0.0314. The van der Waals surface area contributed by atoms with Gasteiger partial charge in [-0.15, -0.1) is 0 Å². The SMILES string of the molecule is CC1(C)OCCc2cc(-c3cc4nccnc4c(OC[C@@H]4CN(S(C)(=O)=O)CCO4)n3)ccc21. The van der Waals surface area contributed by atoms with Crippen molar-refractivity contribution in [3.05, 3.63) is 47.8 Å². The van der Waals surface area contributed by atoms with Gasteiger partial charge >= 0.3 is 0 Å². The highest BCUT2D eigenvalue weighted by Crippen LogP contribution is 2.35. The van der Waals surface area contributed by atoms with Crippen molar-refractivity contribution in [1.82, 2.24) is 19.3 Å². The number of morpholine rings is 1. The number of ether oxygens (including phenoxy) is 3. The smallest absolute Gasteiger partial charge is 0.242 e. The van der Waals surface area contributed by atoms with Crippen LogP contribution in [0.15, 0.2) is 36.7 Å². The van der Waals surface area contributed by atoms with Crippen LogP contribution in [0, 0.1) is 0 Å². The van der Waals surface area contributed by atoms with Gasteiger partial charge in [-0.3, -0.25) is 4.98 Å². The van der Waals surface area contributed by atoms with E-state index in [2.05, 4.69) is 35.9 Å². The molecule has 0 aliphatic carbocycles. The molecule has 5 rings (SSSR count). The number of rotatable bonds is 5. The third-order valence-electron chi connectivity index (χ3n) is 6.28. The molecule has 180 valence electrons. The van der Waals surface area contributed by atoms with E-state index in [9.17, 15) is 8.42 Å². The van der Waals surface area contributed by atoms with Crippen LogP contribution in [-0.2, 0) is 31.5 Å². The van der Waals surface area contributed by atoms with Gasteiger partial charge in [0.1, 0.15) is 12.7 Å². The Hall–Kier alpha value is -2.66. The van der Waals surface area contributed by atoms with Gasteiger partial charge in [-0.1, -0.05) is 12.1 Å². The summed E-state index contributed by atoms with van der Waals surface area (Å²) in [6.07, 6.45) is 4.89. The molecule has 2 aliphatic rings. The van der Waals surface area contributed by atoms with E-state index in [1.807, 2.05) is 12.1 Å². The molecule has 10 heteroatoms. The molecular weight excluding hydrogens is 456 g/mol. The van der Waals surface area contributed by atoms with Gasteiger partial charge in [0.15, 0.2) is 5.52 Å². The average Bonchev–Trinajstić information content (AvgIpc) is 2.81. The zero-order valence-corrected chi connectivity index (χ0v) is 20.3. The molecule has 0 N–H and O–H groups in total. The lowest BCUT2D eigenvalue weighted by atomic mass is 9.87. The summed E-state index contributed by atoms with van der Waals surface area (Å²) >= 11 is 0. The van der Waals surface area contributed by atoms with Crippen LogP contribution < -0.4 is 4.74 Å². The van der Waals surface area contributed by atoms with Gasteiger partial charge in [-0.25, -0.2) is 18.4 Å². The van der Waals surface area contributed by atoms with Crippen LogP contribution in [0.2, 0.25) is 0 Å². The lowest BCUT2D eigenvalue weighted by Crippen LogP contribution is -2.47. The minimum atomic E-state index is -3.28. The van der Waals surface area contributed by atoms with Crippen LogP contribution in [-0.4, -0.2) is 72.9 Å². The molecule has 0 spiro atoms. The highest BCUT2D eigenvalue weighted by Gasteiger charge is 2.29. The maximum absolute atomic E-state index is 11.9. The van der Waals surface area contributed by atoms with Crippen molar-refractivity contribution in [1.29, 1.82) is 0 Å². The Balaban J connectivity index is 1.44. The molecule has 4 heterocycles. The summed E-state index contributed by atoms with van der Waals surface area (Å²) in [5, 5.41) is 0. The number of hydrogen-bond donors (Lipinski definition) is 0. The van der Waals surface area contributed by atoms with Crippen LogP contribution >= 0.6 is 0 Å². The molecule has 0 radical (unpaired) electrons. The largest absolute Gasteiger partial charge is 0.473 e. The molecule has 2 aliphatic heterocycles. The van der Waals surface area contributed by atoms with Crippen molar-refractivity contribution in [2.45, 2.75) is 32.0 Å². The second kappa shape index (κ2) is 8.84. The van der Waals surface area contributed by atoms with E-state index >= 15 is 0 Å². The van der Waals surface area contributed by atoms with Crippen molar-refractivity contribution in [3.8, 4) is 17.1 Å². The van der Waals surface area contributed by atoms with Crippen LogP contribution in [0.3, 0.4) is 0 Å². The Morgan fingerprint density at radius 1 is 1.18 bits per heavy atom. The molecule has 1 aromatic carbocycles. The molecule has 9 nitrogen and oxygen atoms in total. The van der Waals surface area contributed by atoms with Crippen molar-refractivity contribution in [2.75, 3.05) is 39.2 Å². The minimum absolute atomic E-state index is 0.157. The Labute approximate surface area is 199 Å². The number of pyridine rings is 1. The summed E-state index contributed by atoms with van der Waals surface area (Å²) in [6.45, 7) is 5.91.